The molecule has 1 heterocycles. The highest BCUT2D eigenvalue weighted by molar-refractivity contribution is 9.10. The van der Waals surface area contributed by atoms with E-state index in [0.29, 0.717) is 0 Å². The first kappa shape index (κ1) is 13.8. The molecule has 1 aromatic heterocycles. The number of thiophene rings is 1. The van der Waals surface area contributed by atoms with Crippen LogP contribution in [0.15, 0.2) is 34.8 Å². The van der Waals surface area contributed by atoms with Crippen LogP contribution < -0.4 is 5.73 Å². The minimum atomic E-state index is 0.185. The normalized spacial score (nSPS) is 12.7. The van der Waals surface area contributed by atoms with E-state index in [9.17, 15) is 0 Å². The van der Waals surface area contributed by atoms with Gasteiger partial charge in [-0.1, -0.05) is 35.3 Å². The topological polar surface area (TPSA) is 26.0 Å². The summed E-state index contributed by atoms with van der Waals surface area (Å²) in [5.41, 5.74) is 8.69. The maximum absolute atomic E-state index is 6.15. The molecule has 0 aliphatic heterocycles. The molecule has 0 radical (unpaired) electrons. The van der Waals surface area contributed by atoms with E-state index >= 15 is 0 Å². The minimum Gasteiger partial charge on any atom is -0.323 e. The Balaban J connectivity index is 2.26. The van der Waals surface area contributed by atoms with Gasteiger partial charge in [-0.15, -0.1) is 11.3 Å². The molecule has 1 nitrogen and oxygen atoms in total. The van der Waals surface area contributed by atoms with Gasteiger partial charge in [0.15, 0.2) is 0 Å². The zero-order valence-corrected chi connectivity index (χ0v) is 13.1. The van der Waals surface area contributed by atoms with Crippen LogP contribution in [-0.2, 0) is 0 Å². The summed E-state index contributed by atoms with van der Waals surface area (Å²) in [6, 6.07) is 11.0. The van der Waals surface area contributed by atoms with Gasteiger partial charge in [0.05, 0.1) is 0 Å². The second-order valence-electron chi connectivity index (χ2n) is 4.56. The lowest BCUT2D eigenvalue weighted by molar-refractivity contribution is 0.648. The Hall–Kier alpha value is -0.640. The SMILES string of the molecule is CCCC(N)c1ccc(-c2ccc(Br)c(C)c2)s1. The molecule has 0 bridgehead atoms. The van der Waals surface area contributed by atoms with Gasteiger partial charge in [0.25, 0.3) is 0 Å². The first-order chi connectivity index (χ1) is 8.61. The summed E-state index contributed by atoms with van der Waals surface area (Å²) in [6.45, 7) is 4.29. The Morgan fingerprint density at radius 3 is 2.72 bits per heavy atom. The number of benzene rings is 1. The number of nitrogens with two attached hydrogens (primary N) is 1. The monoisotopic (exact) mass is 323 g/mol. The minimum absolute atomic E-state index is 0.185. The highest BCUT2D eigenvalue weighted by Crippen LogP contribution is 2.33. The first-order valence-corrected chi connectivity index (χ1v) is 7.84. The lowest BCUT2D eigenvalue weighted by Gasteiger charge is -2.06. The fourth-order valence-electron chi connectivity index (χ4n) is 1.96. The van der Waals surface area contributed by atoms with Crippen LogP contribution in [0.2, 0.25) is 0 Å². The van der Waals surface area contributed by atoms with Crippen molar-refractivity contribution in [1.29, 1.82) is 0 Å². The fourth-order valence-corrected chi connectivity index (χ4v) is 3.25. The van der Waals surface area contributed by atoms with E-state index in [1.807, 2.05) is 11.3 Å². The van der Waals surface area contributed by atoms with Gasteiger partial charge in [0.2, 0.25) is 0 Å². The van der Waals surface area contributed by atoms with Crippen LogP contribution in [0.1, 0.15) is 36.2 Å². The summed E-state index contributed by atoms with van der Waals surface area (Å²) in [7, 11) is 0. The molecule has 1 unspecified atom stereocenters. The average Bonchev–Trinajstić information content (AvgIpc) is 2.82. The maximum atomic E-state index is 6.15. The van der Waals surface area contributed by atoms with Crippen molar-refractivity contribution in [2.75, 3.05) is 0 Å². The summed E-state index contributed by atoms with van der Waals surface area (Å²) in [6.07, 6.45) is 2.19. The van der Waals surface area contributed by atoms with Gasteiger partial charge >= 0.3 is 0 Å². The summed E-state index contributed by atoms with van der Waals surface area (Å²) in [4.78, 5) is 2.58. The number of aryl methyl sites for hydroxylation is 1. The molecule has 18 heavy (non-hydrogen) atoms. The quantitative estimate of drug-likeness (QED) is 0.813. The van der Waals surface area contributed by atoms with Gasteiger partial charge in [-0.3, -0.25) is 0 Å². The Morgan fingerprint density at radius 2 is 2.06 bits per heavy atom. The summed E-state index contributed by atoms with van der Waals surface area (Å²) in [5.74, 6) is 0. The molecular formula is C15H18BrNS. The van der Waals surface area contributed by atoms with E-state index in [1.54, 1.807) is 0 Å². The van der Waals surface area contributed by atoms with Crippen LogP contribution in [0, 0.1) is 6.92 Å². The van der Waals surface area contributed by atoms with Crippen LogP contribution in [0.25, 0.3) is 10.4 Å². The van der Waals surface area contributed by atoms with Crippen molar-refractivity contribution in [3.63, 3.8) is 0 Å². The number of hydrogen-bond acceptors (Lipinski definition) is 2. The zero-order chi connectivity index (χ0) is 13.1. The van der Waals surface area contributed by atoms with Crippen molar-refractivity contribution in [3.05, 3.63) is 45.2 Å². The Bertz CT molecular complexity index is 533. The molecule has 0 amide bonds. The van der Waals surface area contributed by atoms with E-state index in [2.05, 4.69) is 60.1 Å². The average molecular weight is 324 g/mol. The molecule has 1 atom stereocenters. The number of halogens is 1. The zero-order valence-electron chi connectivity index (χ0n) is 10.7. The number of hydrogen-bond donors (Lipinski definition) is 1. The highest BCUT2D eigenvalue weighted by atomic mass is 79.9. The number of rotatable bonds is 4. The van der Waals surface area contributed by atoms with Gasteiger partial charge in [-0.25, -0.2) is 0 Å². The van der Waals surface area contributed by atoms with Gasteiger partial charge < -0.3 is 5.73 Å². The lowest BCUT2D eigenvalue weighted by atomic mass is 10.1. The molecule has 0 fully saturated rings. The maximum Gasteiger partial charge on any atom is 0.0389 e. The van der Waals surface area contributed by atoms with Gasteiger partial charge in [-0.05, 0) is 48.7 Å². The molecule has 2 rings (SSSR count). The third-order valence-electron chi connectivity index (χ3n) is 3.03. The molecule has 1 aromatic carbocycles. The van der Waals surface area contributed by atoms with Crippen LogP contribution in [0.4, 0.5) is 0 Å². The van der Waals surface area contributed by atoms with Crippen molar-refractivity contribution in [2.45, 2.75) is 32.7 Å². The molecule has 2 aromatic rings. The summed E-state index contributed by atoms with van der Waals surface area (Å²) >= 11 is 5.34. The molecule has 0 saturated carbocycles. The predicted molar refractivity (Wildman–Crippen MR) is 84.0 cm³/mol. The summed E-state index contributed by atoms with van der Waals surface area (Å²) in [5, 5.41) is 0. The second kappa shape index (κ2) is 6.00. The standard InChI is InChI=1S/C15H18BrNS/c1-3-4-13(17)15-8-7-14(18-15)11-5-6-12(16)10(2)9-11/h5-9,13H,3-4,17H2,1-2H3. The molecular weight excluding hydrogens is 306 g/mol. The fraction of sp³-hybridized carbons (Fsp3) is 0.333. The second-order valence-corrected chi connectivity index (χ2v) is 6.53. The summed E-state index contributed by atoms with van der Waals surface area (Å²) < 4.78 is 1.16. The Labute approximate surface area is 121 Å². The molecule has 2 N–H and O–H groups in total. The van der Waals surface area contributed by atoms with Crippen LogP contribution in [0.3, 0.4) is 0 Å². The van der Waals surface area contributed by atoms with E-state index in [-0.39, 0.29) is 6.04 Å². The largest absolute Gasteiger partial charge is 0.323 e. The van der Waals surface area contributed by atoms with Gasteiger partial charge in [-0.2, -0.15) is 0 Å². The van der Waals surface area contributed by atoms with E-state index in [0.717, 1.165) is 17.3 Å². The van der Waals surface area contributed by atoms with Crippen molar-refractivity contribution in [2.24, 2.45) is 5.73 Å². The van der Waals surface area contributed by atoms with E-state index in [1.165, 1.54) is 20.9 Å². The lowest BCUT2D eigenvalue weighted by Crippen LogP contribution is -2.07. The van der Waals surface area contributed by atoms with E-state index < -0.39 is 0 Å². The smallest absolute Gasteiger partial charge is 0.0389 e. The van der Waals surface area contributed by atoms with Crippen LogP contribution in [0.5, 0.6) is 0 Å². The van der Waals surface area contributed by atoms with Crippen molar-refractivity contribution >= 4 is 27.3 Å². The van der Waals surface area contributed by atoms with Crippen molar-refractivity contribution in [3.8, 4) is 10.4 Å². The third-order valence-corrected chi connectivity index (χ3v) is 5.19. The molecule has 0 aliphatic rings. The van der Waals surface area contributed by atoms with Crippen LogP contribution in [-0.4, -0.2) is 0 Å². The van der Waals surface area contributed by atoms with Crippen molar-refractivity contribution < 1.29 is 0 Å². The highest BCUT2D eigenvalue weighted by Gasteiger charge is 2.09. The first-order valence-electron chi connectivity index (χ1n) is 6.23. The molecule has 3 heteroatoms. The van der Waals surface area contributed by atoms with Gasteiger partial charge in [0.1, 0.15) is 0 Å². The van der Waals surface area contributed by atoms with Gasteiger partial charge in [0, 0.05) is 20.3 Å². The molecule has 0 aliphatic carbocycles. The Morgan fingerprint density at radius 1 is 1.28 bits per heavy atom. The third kappa shape index (κ3) is 3.02. The van der Waals surface area contributed by atoms with E-state index in [4.69, 9.17) is 5.73 Å². The van der Waals surface area contributed by atoms with Crippen LogP contribution >= 0.6 is 27.3 Å². The molecule has 96 valence electrons. The van der Waals surface area contributed by atoms with Crippen molar-refractivity contribution in [1.82, 2.24) is 0 Å². The molecule has 0 saturated heterocycles. The molecule has 0 spiro atoms. The predicted octanol–water partition coefficient (Wildman–Crippen LogP) is 5.29. The Kier molecular flexibility index (Phi) is 4.60.